The van der Waals surface area contributed by atoms with E-state index in [9.17, 15) is 14.7 Å². The van der Waals surface area contributed by atoms with Crippen LogP contribution in [0.5, 0.6) is 5.75 Å². The van der Waals surface area contributed by atoms with Gasteiger partial charge in [0.15, 0.2) is 0 Å². The fraction of sp³-hybridized carbons (Fsp3) is 0.444. The topological polar surface area (TPSA) is 87.7 Å². The predicted octanol–water partition coefficient (Wildman–Crippen LogP) is 1.10. The van der Waals surface area contributed by atoms with Crippen LogP contribution in [0.25, 0.3) is 6.08 Å². The van der Waals surface area contributed by atoms with Crippen molar-refractivity contribution in [1.82, 2.24) is 10.6 Å². The van der Waals surface area contributed by atoms with E-state index in [4.69, 9.17) is 4.74 Å². The monoisotopic (exact) mass is 332 g/mol. The predicted molar refractivity (Wildman–Crippen MR) is 91.4 cm³/mol. The third kappa shape index (κ3) is 5.09. The molecule has 0 aliphatic heterocycles. The zero-order chi connectivity index (χ0) is 17.6. The molecule has 1 fully saturated rings. The molecule has 0 heterocycles. The van der Waals surface area contributed by atoms with Crippen LogP contribution in [-0.2, 0) is 9.59 Å². The molecule has 6 heteroatoms. The molecule has 3 N–H and O–H groups in total. The SMILES string of the molecule is COc1ccc(C=CC(=O)NC(C)C(=O)NCC2(CO)CC2)cc1. The number of aliphatic hydroxyl groups is 1. The Kier molecular flexibility index (Phi) is 5.98. The van der Waals surface area contributed by atoms with Crippen LogP contribution < -0.4 is 15.4 Å². The van der Waals surface area contributed by atoms with Crippen molar-refractivity contribution >= 4 is 17.9 Å². The van der Waals surface area contributed by atoms with Gasteiger partial charge in [-0.25, -0.2) is 0 Å². The first kappa shape index (κ1) is 18.0. The number of carbonyl (C=O) groups is 2. The minimum atomic E-state index is -0.632. The molecule has 6 nitrogen and oxygen atoms in total. The fourth-order valence-corrected chi connectivity index (χ4v) is 2.21. The summed E-state index contributed by atoms with van der Waals surface area (Å²) in [5.74, 6) is 0.163. The van der Waals surface area contributed by atoms with Crippen LogP contribution in [0.1, 0.15) is 25.3 Å². The summed E-state index contributed by atoms with van der Waals surface area (Å²) < 4.78 is 5.07. The first-order valence-electron chi connectivity index (χ1n) is 7.99. The molecule has 2 rings (SSSR count). The highest BCUT2D eigenvalue weighted by molar-refractivity contribution is 5.95. The van der Waals surface area contributed by atoms with Crippen LogP contribution in [0.4, 0.5) is 0 Å². The first-order chi connectivity index (χ1) is 11.5. The van der Waals surface area contributed by atoms with Crippen LogP contribution in [0.3, 0.4) is 0 Å². The van der Waals surface area contributed by atoms with Gasteiger partial charge in [-0.3, -0.25) is 9.59 Å². The second kappa shape index (κ2) is 7.97. The van der Waals surface area contributed by atoms with E-state index in [1.807, 2.05) is 24.3 Å². The molecule has 0 aromatic heterocycles. The molecule has 2 amide bonds. The Balaban J connectivity index is 1.77. The third-order valence-corrected chi connectivity index (χ3v) is 4.23. The minimum Gasteiger partial charge on any atom is -0.497 e. The van der Waals surface area contributed by atoms with Crippen LogP contribution in [-0.4, -0.2) is 43.2 Å². The second-order valence-corrected chi connectivity index (χ2v) is 6.21. The summed E-state index contributed by atoms with van der Waals surface area (Å²) in [6.45, 7) is 2.16. The highest BCUT2D eigenvalue weighted by atomic mass is 16.5. The maximum absolute atomic E-state index is 12.0. The smallest absolute Gasteiger partial charge is 0.244 e. The third-order valence-electron chi connectivity index (χ3n) is 4.23. The molecule has 1 aromatic rings. The fourth-order valence-electron chi connectivity index (χ4n) is 2.21. The van der Waals surface area contributed by atoms with Gasteiger partial charge in [0.1, 0.15) is 11.8 Å². The Morgan fingerprint density at radius 2 is 2.00 bits per heavy atom. The first-order valence-corrected chi connectivity index (χ1v) is 7.99. The molecule has 24 heavy (non-hydrogen) atoms. The standard InChI is InChI=1S/C18H24N2O4/c1-13(17(23)19-11-18(12-21)9-10-18)20-16(22)8-5-14-3-6-15(24-2)7-4-14/h3-8,13,21H,9-12H2,1-2H3,(H,19,23)(H,20,22). The summed E-state index contributed by atoms with van der Waals surface area (Å²) in [5.41, 5.74) is 0.717. The van der Waals surface area contributed by atoms with Gasteiger partial charge in [0, 0.05) is 18.0 Å². The van der Waals surface area contributed by atoms with Crippen molar-refractivity contribution in [2.75, 3.05) is 20.3 Å². The number of hydrogen-bond acceptors (Lipinski definition) is 4. The number of nitrogens with one attached hydrogen (secondary N) is 2. The summed E-state index contributed by atoms with van der Waals surface area (Å²) in [5, 5.41) is 14.6. The quantitative estimate of drug-likeness (QED) is 0.622. The summed E-state index contributed by atoms with van der Waals surface area (Å²) in [7, 11) is 1.59. The number of rotatable bonds is 8. The van der Waals surface area contributed by atoms with E-state index < -0.39 is 6.04 Å². The van der Waals surface area contributed by atoms with Gasteiger partial charge in [0.2, 0.25) is 11.8 Å². The molecule has 1 saturated carbocycles. The van der Waals surface area contributed by atoms with Crippen LogP contribution >= 0.6 is 0 Å². The zero-order valence-corrected chi connectivity index (χ0v) is 14.0. The Hall–Kier alpha value is -2.34. The van der Waals surface area contributed by atoms with Crippen molar-refractivity contribution in [3.8, 4) is 5.75 Å². The van der Waals surface area contributed by atoms with Gasteiger partial charge >= 0.3 is 0 Å². The maximum Gasteiger partial charge on any atom is 0.244 e. The molecule has 1 unspecified atom stereocenters. The Labute approximate surface area is 141 Å². The highest BCUT2D eigenvalue weighted by Gasteiger charge is 2.42. The number of benzene rings is 1. The number of ether oxygens (including phenoxy) is 1. The van der Waals surface area contributed by atoms with Gasteiger partial charge in [-0.05, 0) is 43.5 Å². The number of aliphatic hydroxyl groups excluding tert-OH is 1. The van der Waals surface area contributed by atoms with E-state index in [1.54, 1.807) is 20.1 Å². The van der Waals surface area contributed by atoms with Gasteiger partial charge in [0.05, 0.1) is 13.7 Å². The van der Waals surface area contributed by atoms with Gasteiger partial charge < -0.3 is 20.5 Å². The van der Waals surface area contributed by atoms with Crippen molar-refractivity contribution in [2.24, 2.45) is 5.41 Å². The van der Waals surface area contributed by atoms with E-state index >= 15 is 0 Å². The summed E-state index contributed by atoms with van der Waals surface area (Å²) in [6, 6.07) is 6.66. The zero-order valence-electron chi connectivity index (χ0n) is 14.0. The van der Waals surface area contributed by atoms with E-state index in [0.29, 0.717) is 6.54 Å². The van der Waals surface area contributed by atoms with Crippen LogP contribution in [0.2, 0.25) is 0 Å². The normalized spacial score (nSPS) is 16.5. The van der Waals surface area contributed by atoms with E-state index in [2.05, 4.69) is 10.6 Å². The maximum atomic E-state index is 12.0. The lowest BCUT2D eigenvalue weighted by Crippen LogP contribution is -2.46. The van der Waals surface area contributed by atoms with E-state index in [0.717, 1.165) is 24.2 Å². The van der Waals surface area contributed by atoms with Gasteiger partial charge in [0.25, 0.3) is 0 Å². The molecule has 1 atom stereocenters. The van der Waals surface area contributed by atoms with Crippen molar-refractivity contribution in [3.05, 3.63) is 35.9 Å². The van der Waals surface area contributed by atoms with Crippen molar-refractivity contribution in [1.29, 1.82) is 0 Å². The Morgan fingerprint density at radius 1 is 1.33 bits per heavy atom. The lowest BCUT2D eigenvalue weighted by Gasteiger charge is -2.16. The van der Waals surface area contributed by atoms with Crippen LogP contribution in [0, 0.1) is 5.41 Å². The van der Waals surface area contributed by atoms with Gasteiger partial charge in [-0.15, -0.1) is 0 Å². The number of hydrogen-bond donors (Lipinski definition) is 3. The summed E-state index contributed by atoms with van der Waals surface area (Å²) in [4.78, 5) is 23.8. The van der Waals surface area contributed by atoms with Gasteiger partial charge in [-0.2, -0.15) is 0 Å². The molecule has 130 valence electrons. The number of methoxy groups -OCH3 is 1. The summed E-state index contributed by atoms with van der Waals surface area (Å²) >= 11 is 0. The highest BCUT2D eigenvalue weighted by Crippen LogP contribution is 2.44. The van der Waals surface area contributed by atoms with Crippen molar-refractivity contribution in [3.63, 3.8) is 0 Å². The van der Waals surface area contributed by atoms with E-state index in [1.165, 1.54) is 6.08 Å². The van der Waals surface area contributed by atoms with E-state index in [-0.39, 0.29) is 23.8 Å². The average Bonchev–Trinajstić information content (AvgIpc) is 3.38. The van der Waals surface area contributed by atoms with Gasteiger partial charge in [-0.1, -0.05) is 12.1 Å². The molecule has 1 aromatic carbocycles. The van der Waals surface area contributed by atoms with Crippen molar-refractivity contribution in [2.45, 2.75) is 25.8 Å². The Bertz CT molecular complexity index is 606. The molecular formula is C18H24N2O4. The lowest BCUT2D eigenvalue weighted by molar-refractivity contribution is -0.126. The number of carbonyl (C=O) groups excluding carboxylic acids is 2. The van der Waals surface area contributed by atoms with Crippen molar-refractivity contribution < 1.29 is 19.4 Å². The Morgan fingerprint density at radius 3 is 2.54 bits per heavy atom. The molecule has 1 aliphatic carbocycles. The lowest BCUT2D eigenvalue weighted by atomic mass is 10.1. The second-order valence-electron chi connectivity index (χ2n) is 6.21. The molecule has 0 saturated heterocycles. The molecular weight excluding hydrogens is 308 g/mol. The largest absolute Gasteiger partial charge is 0.497 e. The molecule has 0 bridgehead atoms. The number of amides is 2. The van der Waals surface area contributed by atoms with Crippen LogP contribution in [0.15, 0.2) is 30.3 Å². The molecule has 0 radical (unpaired) electrons. The average molecular weight is 332 g/mol. The minimum absolute atomic E-state index is 0.0820. The summed E-state index contributed by atoms with van der Waals surface area (Å²) in [6.07, 6.45) is 4.91. The molecule has 1 aliphatic rings. The molecule has 0 spiro atoms.